The molecular formula is C16H6Li4O8. The van der Waals surface area contributed by atoms with Crippen LogP contribution in [0.15, 0.2) is 36.4 Å². The number of hydrogen-bond acceptors (Lipinski definition) is 8. The number of carboxylic acid groups (broad SMARTS) is 4. The van der Waals surface area contributed by atoms with Gasteiger partial charge in [-0.3, -0.25) is 0 Å². The van der Waals surface area contributed by atoms with E-state index in [1.807, 2.05) is 0 Å². The Hall–Kier alpha value is -1.29. The Morgan fingerprint density at radius 3 is 1.36 bits per heavy atom. The normalized spacial score (nSPS) is 8.71. The van der Waals surface area contributed by atoms with Crippen molar-refractivity contribution in [2.24, 2.45) is 0 Å². The minimum Gasteiger partial charge on any atom is -0.545 e. The fraction of sp³-hybridized carbons (Fsp3) is 0. The molecule has 0 amide bonds. The summed E-state index contributed by atoms with van der Waals surface area (Å²) in [6, 6.07) is 7.98. The van der Waals surface area contributed by atoms with Crippen molar-refractivity contribution in [1.29, 1.82) is 0 Å². The molecule has 0 atom stereocenters. The van der Waals surface area contributed by atoms with E-state index in [4.69, 9.17) is 0 Å². The molecule has 0 aliphatic carbocycles. The van der Waals surface area contributed by atoms with Crippen molar-refractivity contribution in [3.05, 3.63) is 58.7 Å². The topological polar surface area (TPSA) is 161 Å². The molecule has 0 aliphatic rings. The number of carbonyl (C=O) groups excluding carboxylic acids is 4. The third-order valence-electron chi connectivity index (χ3n) is 3.24. The second-order valence-electron chi connectivity index (χ2n) is 4.61. The van der Waals surface area contributed by atoms with Crippen LogP contribution in [0.4, 0.5) is 0 Å². The first-order valence-electron chi connectivity index (χ1n) is 6.37. The zero-order chi connectivity index (χ0) is 18.0. The summed E-state index contributed by atoms with van der Waals surface area (Å²) < 4.78 is 0. The van der Waals surface area contributed by atoms with Crippen molar-refractivity contribution in [2.75, 3.05) is 0 Å². The molecule has 0 spiro atoms. The Morgan fingerprint density at radius 1 is 0.571 bits per heavy atom. The molecule has 0 unspecified atom stereocenters. The number of benzene rings is 2. The summed E-state index contributed by atoms with van der Waals surface area (Å²) in [5.74, 6) is -8.43. The van der Waals surface area contributed by atoms with Crippen molar-refractivity contribution in [1.82, 2.24) is 0 Å². The van der Waals surface area contributed by atoms with Crippen molar-refractivity contribution in [3.8, 4) is 11.1 Å². The predicted molar refractivity (Wildman–Crippen MR) is 69.2 cm³/mol. The molecule has 122 valence electrons. The molecule has 0 saturated heterocycles. The van der Waals surface area contributed by atoms with Gasteiger partial charge in [0.15, 0.2) is 0 Å². The number of rotatable bonds is 5. The standard InChI is InChI=1S/C16H10O8.4Li/c17-13(18)9-6-8(7-4-2-1-3-5-7)10(14(19)20)12(16(23)24)11(9)15(21)22;;;;/h1-6H,(H,17,18)(H,19,20)(H,21,22)(H,23,24);;;;/q;4*+1/p-4. The largest absolute Gasteiger partial charge is 1.00 e. The van der Waals surface area contributed by atoms with E-state index in [0.29, 0.717) is 6.07 Å². The fourth-order valence-corrected chi connectivity index (χ4v) is 2.32. The summed E-state index contributed by atoms with van der Waals surface area (Å²) in [6.45, 7) is 0. The Balaban J connectivity index is -0.00000156. The molecule has 0 bridgehead atoms. The molecule has 8 nitrogen and oxygen atoms in total. The van der Waals surface area contributed by atoms with Crippen molar-refractivity contribution < 1.29 is 115 Å². The maximum Gasteiger partial charge on any atom is 1.00 e. The molecule has 2 aromatic rings. The first kappa shape index (κ1) is 31.4. The van der Waals surface area contributed by atoms with Gasteiger partial charge in [-0.2, -0.15) is 0 Å². The molecule has 12 heteroatoms. The molecule has 2 aromatic carbocycles. The van der Waals surface area contributed by atoms with Crippen molar-refractivity contribution in [2.45, 2.75) is 0 Å². The van der Waals surface area contributed by atoms with Crippen LogP contribution in [0.1, 0.15) is 41.4 Å². The van der Waals surface area contributed by atoms with Crippen LogP contribution >= 0.6 is 0 Å². The third kappa shape index (κ3) is 6.37. The maximum atomic E-state index is 11.4. The minimum atomic E-state index is -2.20. The Labute approximate surface area is 207 Å². The van der Waals surface area contributed by atoms with Gasteiger partial charge in [-0.1, -0.05) is 30.3 Å². The molecule has 28 heavy (non-hydrogen) atoms. The molecule has 0 N–H and O–H groups in total. The van der Waals surface area contributed by atoms with E-state index in [0.717, 1.165) is 0 Å². The van der Waals surface area contributed by atoms with Crippen LogP contribution < -0.4 is 95.9 Å². The van der Waals surface area contributed by atoms with Gasteiger partial charge in [0.05, 0.1) is 23.9 Å². The van der Waals surface area contributed by atoms with Gasteiger partial charge in [0.25, 0.3) is 0 Å². The smallest absolute Gasteiger partial charge is 0.545 e. The third-order valence-corrected chi connectivity index (χ3v) is 3.24. The minimum absolute atomic E-state index is 0. The molecule has 0 radical (unpaired) electrons. The van der Waals surface area contributed by atoms with Crippen molar-refractivity contribution >= 4 is 23.9 Å². The van der Waals surface area contributed by atoms with Crippen LogP contribution in [-0.4, -0.2) is 23.9 Å². The zero-order valence-corrected chi connectivity index (χ0v) is 15.7. The number of carbonyl (C=O) groups is 4. The molecule has 0 saturated carbocycles. The van der Waals surface area contributed by atoms with Gasteiger partial charge in [-0.25, -0.2) is 0 Å². The van der Waals surface area contributed by atoms with Crippen LogP contribution in [0.2, 0.25) is 0 Å². The van der Waals surface area contributed by atoms with E-state index in [2.05, 4.69) is 0 Å². The average Bonchev–Trinajstić information content (AvgIpc) is 2.53. The Bertz CT molecular complexity index is 884. The molecule has 0 fully saturated rings. The van der Waals surface area contributed by atoms with E-state index in [1.54, 1.807) is 6.07 Å². The second-order valence-corrected chi connectivity index (χ2v) is 4.61. The first-order chi connectivity index (χ1) is 11.3. The van der Waals surface area contributed by atoms with Gasteiger partial charge >= 0.3 is 75.4 Å². The van der Waals surface area contributed by atoms with Gasteiger partial charge in [0.1, 0.15) is 0 Å². The van der Waals surface area contributed by atoms with E-state index < -0.39 is 46.1 Å². The monoisotopic (exact) mass is 354 g/mol. The maximum absolute atomic E-state index is 11.4. The predicted octanol–water partition coefficient (Wildman–Crippen LogP) is -15.2. The first-order valence-corrected chi connectivity index (χ1v) is 6.37. The van der Waals surface area contributed by atoms with E-state index >= 15 is 0 Å². The van der Waals surface area contributed by atoms with E-state index in [9.17, 15) is 39.6 Å². The summed E-state index contributed by atoms with van der Waals surface area (Å²) in [7, 11) is 0. The Morgan fingerprint density at radius 2 is 1.00 bits per heavy atom. The molecule has 0 aliphatic heterocycles. The summed E-state index contributed by atoms with van der Waals surface area (Å²) in [4.78, 5) is 45.1. The van der Waals surface area contributed by atoms with Gasteiger partial charge in [0, 0.05) is 22.3 Å². The van der Waals surface area contributed by atoms with Gasteiger partial charge in [-0.05, 0) is 17.2 Å². The summed E-state index contributed by atoms with van der Waals surface area (Å²) >= 11 is 0. The summed E-state index contributed by atoms with van der Waals surface area (Å²) in [5.41, 5.74) is -5.00. The van der Waals surface area contributed by atoms with Crippen LogP contribution in [0, 0.1) is 0 Å². The number of aromatic carboxylic acids is 4. The van der Waals surface area contributed by atoms with Crippen molar-refractivity contribution in [3.63, 3.8) is 0 Å². The van der Waals surface area contributed by atoms with Crippen LogP contribution in [-0.2, 0) is 0 Å². The number of hydrogen-bond donors (Lipinski definition) is 0. The molecule has 0 heterocycles. The average molecular weight is 354 g/mol. The van der Waals surface area contributed by atoms with E-state index in [-0.39, 0.29) is 86.6 Å². The number of carboxylic acids is 4. The van der Waals surface area contributed by atoms with Gasteiger partial charge in [0.2, 0.25) is 0 Å². The second kappa shape index (κ2) is 13.0. The summed E-state index contributed by atoms with van der Waals surface area (Å²) in [5, 5.41) is 45.1. The SMILES string of the molecule is O=C([O-])c1cc(-c2ccccc2)c(C(=O)[O-])c(C(=O)[O-])c1C(=O)[O-].[Li+].[Li+].[Li+].[Li+]. The zero-order valence-electron chi connectivity index (χ0n) is 15.7. The van der Waals surface area contributed by atoms with Crippen LogP contribution in [0.3, 0.4) is 0 Å². The van der Waals surface area contributed by atoms with E-state index in [1.165, 1.54) is 24.3 Å². The molecule has 0 aromatic heterocycles. The van der Waals surface area contributed by atoms with Gasteiger partial charge in [-0.15, -0.1) is 0 Å². The molecular weight excluding hydrogens is 348 g/mol. The fourth-order valence-electron chi connectivity index (χ4n) is 2.32. The van der Waals surface area contributed by atoms with Crippen LogP contribution in [0.25, 0.3) is 11.1 Å². The molecule has 2 rings (SSSR count). The van der Waals surface area contributed by atoms with Gasteiger partial charge < -0.3 is 39.6 Å². The quantitative estimate of drug-likeness (QED) is 0.478. The Kier molecular flexibility index (Phi) is 14.6. The van der Waals surface area contributed by atoms with Crippen LogP contribution in [0.5, 0.6) is 0 Å². The summed E-state index contributed by atoms with van der Waals surface area (Å²) in [6.07, 6.45) is 0.